The van der Waals surface area contributed by atoms with E-state index >= 15 is 0 Å². The van der Waals surface area contributed by atoms with Crippen LogP contribution in [0.3, 0.4) is 0 Å². The normalized spacial score (nSPS) is 16.0. The highest BCUT2D eigenvalue weighted by Crippen LogP contribution is 2.23. The summed E-state index contributed by atoms with van der Waals surface area (Å²) in [6.07, 6.45) is 2.54. The van der Waals surface area contributed by atoms with E-state index in [1.807, 2.05) is 13.0 Å². The zero-order valence-corrected chi connectivity index (χ0v) is 16.4. The molecule has 5 rings (SSSR count). The van der Waals surface area contributed by atoms with Gasteiger partial charge in [-0.1, -0.05) is 6.07 Å². The van der Waals surface area contributed by atoms with Crippen molar-refractivity contribution in [2.45, 2.75) is 26.3 Å². The number of hydrogen-bond donors (Lipinski definition) is 0. The number of carbonyl (C=O) groups is 2. The molecule has 2 aliphatic rings. The third-order valence-electron chi connectivity index (χ3n) is 5.44. The zero-order chi connectivity index (χ0) is 20.8. The monoisotopic (exact) mass is 401 g/mol. The van der Waals surface area contributed by atoms with Crippen LogP contribution in [0.4, 0.5) is 5.69 Å². The molecule has 2 amide bonds. The molecule has 0 bridgehead atoms. The molecule has 8 nitrogen and oxygen atoms in total. The van der Waals surface area contributed by atoms with E-state index in [4.69, 9.17) is 0 Å². The van der Waals surface area contributed by atoms with Gasteiger partial charge in [-0.3, -0.25) is 18.8 Å². The molecule has 0 atom stereocenters. The van der Waals surface area contributed by atoms with E-state index in [0.29, 0.717) is 41.8 Å². The Morgan fingerprint density at radius 2 is 1.87 bits per heavy atom. The van der Waals surface area contributed by atoms with E-state index in [9.17, 15) is 14.4 Å². The fraction of sp³-hybridized carbons (Fsp3) is 0.227. The Labute approximate surface area is 172 Å². The quantitative estimate of drug-likeness (QED) is 0.657. The van der Waals surface area contributed by atoms with Crippen molar-refractivity contribution in [3.8, 4) is 0 Å². The Kier molecular flexibility index (Phi) is 4.20. The Morgan fingerprint density at radius 3 is 2.60 bits per heavy atom. The smallest absolute Gasteiger partial charge is 0.263 e. The van der Waals surface area contributed by atoms with Crippen LogP contribution >= 0.6 is 0 Å². The molecule has 0 spiro atoms. The van der Waals surface area contributed by atoms with Crippen molar-refractivity contribution < 1.29 is 9.59 Å². The van der Waals surface area contributed by atoms with Crippen molar-refractivity contribution in [1.82, 2.24) is 14.3 Å². The van der Waals surface area contributed by atoms with Gasteiger partial charge < -0.3 is 4.90 Å². The summed E-state index contributed by atoms with van der Waals surface area (Å²) < 4.78 is 1.51. The maximum absolute atomic E-state index is 13.0. The molecule has 0 radical (unpaired) electrons. The number of fused-ring (bicyclic) bond motifs is 2. The maximum atomic E-state index is 13.0. The van der Waals surface area contributed by atoms with Crippen molar-refractivity contribution in [2.75, 3.05) is 11.6 Å². The molecule has 8 heteroatoms. The molecule has 0 saturated carbocycles. The lowest BCUT2D eigenvalue weighted by molar-refractivity contribution is -0.116. The van der Waals surface area contributed by atoms with Crippen molar-refractivity contribution in [1.29, 1.82) is 0 Å². The molecule has 3 aromatic rings. The van der Waals surface area contributed by atoms with Gasteiger partial charge in [-0.15, -0.1) is 0 Å². The van der Waals surface area contributed by atoms with Gasteiger partial charge in [-0.25, -0.2) is 9.99 Å². The van der Waals surface area contributed by atoms with Crippen LogP contribution in [0.15, 0.2) is 58.6 Å². The molecule has 150 valence electrons. The summed E-state index contributed by atoms with van der Waals surface area (Å²) in [4.78, 5) is 44.1. The van der Waals surface area contributed by atoms with E-state index in [1.165, 1.54) is 9.41 Å². The van der Waals surface area contributed by atoms with Crippen LogP contribution in [-0.4, -0.2) is 38.4 Å². The molecule has 4 heterocycles. The highest BCUT2D eigenvalue weighted by molar-refractivity contribution is 6.12. The number of hydrazone groups is 1. The fourth-order valence-electron chi connectivity index (χ4n) is 3.91. The fourth-order valence-corrected chi connectivity index (χ4v) is 3.91. The maximum Gasteiger partial charge on any atom is 0.263 e. The van der Waals surface area contributed by atoms with Crippen molar-refractivity contribution in [2.24, 2.45) is 5.10 Å². The summed E-state index contributed by atoms with van der Waals surface area (Å²) in [5.74, 6) is -0.239. The highest BCUT2D eigenvalue weighted by Gasteiger charge is 2.27. The Morgan fingerprint density at radius 1 is 1.07 bits per heavy atom. The lowest BCUT2D eigenvalue weighted by Gasteiger charge is -2.28. The Hall–Kier alpha value is -3.81. The van der Waals surface area contributed by atoms with Crippen molar-refractivity contribution in [3.05, 3.63) is 75.8 Å². The molecule has 0 saturated heterocycles. The van der Waals surface area contributed by atoms with Gasteiger partial charge in [0.2, 0.25) is 0 Å². The summed E-state index contributed by atoms with van der Waals surface area (Å²) >= 11 is 0. The van der Waals surface area contributed by atoms with Crippen molar-refractivity contribution >= 4 is 28.9 Å². The predicted molar refractivity (Wildman–Crippen MR) is 112 cm³/mol. The number of hydrogen-bond acceptors (Lipinski definition) is 5. The van der Waals surface area contributed by atoms with E-state index < -0.39 is 0 Å². The minimum absolute atomic E-state index is 0.0839. The summed E-state index contributed by atoms with van der Waals surface area (Å²) in [5.41, 5.74) is 3.69. The number of carbonyl (C=O) groups excluding carboxylic acids is 2. The minimum Gasteiger partial charge on any atom is -0.334 e. The second-order valence-corrected chi connectivity index (χ2v) is 7.51. The van der Waals surface area contributed by atoms with Crippen LogP contribution in [0, 0.1) is 0 Å². The summed E-state index contributed by atoms with van der Waals surface area (Å²) in [5, 5.41) is 5.58. The number of anilines is 1. The van der Waals surface area contributed by atoms with Crippen LogP contribution in [0.2, 0.25) is 0 Å². The van der Waals surface area contributed by atoms with Crippen molar-refractivity contribution in [3.63, 3.8) is 0 Å². The molecule has 0 fully saturated rings. The summed E-state index contributed by atoms with van der Waals surface area (Å²) in [6.45, 7) is 2.54. The van der Waals surface area contributed by atoms with E-state index in [2.05, 4.69) is 10.1 Å². The van der Waals surface area contributed by atoms with Gasteiger partial charge >= 0.3 is 0 Å². The van der Waals surface area contributed by atoms with Crippen LogP contribution in [0.1, 0.15) is 35.0 Å². The number of amides is 2. The predicted octanol–water partition coefficient (Wildman–Crippen LogP) is 2.01. The molecule has 0 unspecified atom stereocenters. The first kappa shape index (κ1) is 18.2. The SMILES string of the molecule is CC1=NN(c2ccc(C(=O)N3CCc4nc5ccccn5c(=O)c4C3)cc2)C(=O)C1. The third kappa shape index (κ3) is 2.97. The molecular weight excluding hydrogens is 382 g/mol. The zero-order valence-electron chi connectivity index (χ0n) is 16.4. The van der Waals surface area contributed by atoms with Gasteiger partial charge in [0.25, 0.3) is 17.4 Å². The van der Waals surface area contributed by atoms with Crippen LogP contribution in [-0.2, 0) is 17.8 Å². The second-order valence-electron chi connectivity index (χ2n) is 7.51. The average Bonchev–Trinajstić information content (AvgIpc) is 3.11. The molecule has 1 aromatic carbocycles. The van der Waals surface area contributed by atoms with E-state index in [-0.39, 0.29) is 23.9 Å². The Balaban J connectivity index is 1.40. The number of pyridine rings is 1. The lowest BCUT2D eigenvalue weighted by Crippen LogP contribution is -2.40. The molecule has 2 aromatic heterocycles. The molecule has 0 N–H and O–H groups in total. The van der Waals surface area contributed by atoms with Gasteiger partial charge in [0.1, 0.15) is 5.65 Å². The average molecular weight is 401 g/mol. The second kappa shape index (κ2) is 6.91. The Bertz CT molecular complexity index is 1280. The summed E-state index contributed by atoms with van der Waals surface area (Å²) in [7, 11) is 0. The first-order valence-electron chi connectivity index (χ1n) is 9.77. The number of rotatable bonds is 2. The highest BCUT2D eigenvalue weighted by atomic mass is 16.2. The van der Waals surface area contributed by atoms with E-state index in [1.54, 1.807) is 47.5 Å². The van der Waals surface area contributed by atoms with Crippen LogP contribution < -0.4 is 10.6 Å². The third-order valence-corrected chi connectivity index (χ3v) is 5.44. The minimum atomic E-state index is -0.155. The molecule has 0 aliphatic carbocycles. The van der Waals surface area contributed by atoms with Gasteiger partial charge in [-0.05, 0) is 43.3 Å². The topological polar surface area (TPSA) is 87.3 Å². The van der Waals surface area contributed by atoms with E-state index in [0.717, 1.165) is 11.4 Å². The molecule has 2 aliphatic heterocycles. The van der Waals surface area contributed by atoms with Gasteiger partial charge in [0.15, 0.2) is 0 Å². The standard InChI is InChI=1S/C22H19N5O3/c1-14-12-20(28)27(24-14)16-7-5-15(6-8-16)21(29)25-11-9-18-17(13-25)22(30)26-10-3-2-4-19(26)23-18/h2-8,10H,9,11-13H2,1H3. The summed E-state index contributed by atoms with van der Waals surface area (Å²) in [6, 6.07) is 12.2. The van der Waals surface area contributed by atoms with Gasteiger partial charge in [0.05, 0.1) is 29.9 Å². The lowest BCUT2D eigenvalue weighted by atomic mass is 10.1. The number of aromatic nitrogens is 2. The van der Waals surface area contributed by atoms with Gasteiger partial charge in [0, 0.05) is 30.4 Å². The van der Waals surface area contributed by atoms with Gasteiger partial charge in [-0.2, -0.15) is 5.10 Å². The van der Waals surface area contributed by atoms with Crippen LogP contribution in [0.5, 0.6) is 0 Å². The van der Waals surface area contributed by atoms with Crippen LogP contribution in [0.25, 0.3) is 5.65 Å². The first-order valence-corrected chi connectivity index (χ1v) is 9.77. The first-order chi connectivity index (χ1) is 14.5. The molecule has 30 heavy (non-hydrogen) atoms. The largest absolute Gasteiger partial charge is 0.334 e. The number of nitrogens with zero attached hydrogens (tertiary/aromatic N) is 5. The molecular formula is C22H19N5O3. The number of benzene rings is 1.